The second kappa shape index (κ2) is 6.26. The summed E-state index contributed by atoms with van der Waals surface area (Å²) < 4.78 is 1.11. The van der Waals surface area contributed by atoms with E-state index in [0.717, 1.165) is 20.1 Å². The highest BCUT2D eigenvalue weighted by molar-refractivity contribution is 8.00. The predicted molar refractivity (Wildman–Crippen MR) is 96.6 cm³/mol. The molecule has 7 heteroatoms. The number of anilines is 1. The van der Waals surface area contributed by atoms with E-state index in [2.05, 4.69) is 15.6 Å². The molecule has 0 saturated heterocycles. The van der Waals surface area contributed by atoms with Crippen LogP contribution in [0, 0.1) is 0 Å². The number of hydrogen-bond donors (Lipinski definition) is 2. The van der Waals surface area contributed by atoms with Crippen LogP contribution in [0.15, 0.2) is 47.4 Å². The van der Waals surface area contributed by atoms with Crippen LogP contribution < -0.4 is 10.6 Å². The zero-order valence-corrected chi connectivity index (χ0v) is 14.2. The molecule has 2 heterocycles. The molecule has 0 aliphatic carbocycles. The van der Waals surface area contributed by atoms with Gasteiger partial charge < -0.3 is 10.6 Å². The summed E-state index contributed by atoms with van der Waals surface area (Å²) in [5, 5.41) is 6.55. The number of thioether (sulfide) groups is 1. The molecule has 2 amide bonds. The number of hydrogen-bond acceptors (Lipinski definition) is 5. The number of carbonyl (C=O) groups is 2. The molecule has 0 radical (unpaired) electrons. The molecule has 0 atom stereocenters. The molecule has 1 aromatic heterocycles. The first kappa shape index (κ1) is 15.2. The van der Waals surface area contributed by atoms with E-state index in [9.17, 15) is 9.59 Å². The molecule has 0 unspecified atom stereocenters. The molecule has 0 spiro atoms. The van der Waals surface area contributed by atoms with Gasteiger partial charge in [0.25, 0.3) is 5.91 Å². The molecule has 0 bridgehead atoms. The lowest BCUT2D eigenvalue weighted by Gasteiger charge is -2.16. The number of nitrogens with zero attached hydrogens (tertiary/aromatic N) is 1. The number of nitrogens with one attached hydrogen (secondary N) is 2. The van der Waals surface area contributed by atoms with Crippen molar-refractivity contribution in [3.05, 3.63) is 53.0 Å². The lowest BCUT2D eigenvalue weighted by molar-refractivity contribution is -0.113. The summed E-state index contributed by atoms with van der Waals surface area (Å²) in [5.74, 6) is 0.192. The van der Waals surface area contributed by atoms with Gasteiger partial charge in [0.05, 0.1) is 28.2 Å². The molecular weight excluding hydrogens is 342 g/mol. The molecule has 2 aromatic carbocycles. The van der Waals surface area contributed by atoms with Gasteiger partial charge in [-0.1, -0.05) is 12.1 Å². The smallest absolute Gasteiger partial charge is 0.251 e. The third-order valence-corrected chi connectivity index (χ3v) is 5.72. The van der Waals surface area contributed by atoms with Crippen LogP contribution in [0.3, 0.4) is 0 Å². The first-order chi connectivity index (χ1) is 11.7. The van der Waals surface area contributed by atoms with E-state index in [1.54, 1.807) is 23.5 Å². The van der Waals surface area contributed by atoms with Gasteiger partial charge in [-0.25, -0.2) is 4.98 Å². The third-order valence-electron chi connectivity index (χ3n) is 3.61. The highest BCUT2D eigenvalue weighted by Gasteiger charge is 2.17. The Morgan fingerprint density at radius 1 is 1.25 bits per heavy atom. The minimum atomic E-state index is -0.179. The first-order valence-corrected chi connectivity index (χ1v) is 9.18. The van der Waals surface area contributed by atoms with E-state index >= 15 is 0 Å². The fraction of sp³-hybridized carbons (Fsp3) is 0.118. The standard InChI is InChI=1S/C17H13N3O2S2/c21-15-9-23-13-6-5-10(7-12(13)19-15)17(22)18-8-16-20-11-3-1-2-4-14(11)24-16/h1-7H,8-9H2,(H,18,22)(H,19,21). The van der Waals surface area contributed by atoms with Gasteiger partial charge in [0.1, 0.15) is 5.01 Å². The van der Waals surface area contributed by atoms with Crippen LogP contribution in [0.1, 0.15) is 15.4 Å². The lowest BCUT2D eigenvalue weighted by atomic mass is 10.2. The molecule has 24 heavy (non-hydrogen) atoms. The molecule has 1 aliphatic rings. The fourth-order valence-corrected chi connectivity index (χ4v) is 4.17. The number of para-hydroxylation sites is 1. The van der Waals surface area contributed by atoms with Gasteiger partial charge in [-0.2, -0.15) is 0 Å². The number of rotatable bonds is 3. The second-order valence-electron chi connectivity index (χ2n) is 5.31. The van der Waals surface area contributed by atoms with Gasteiger partial charge in [0.15, 0.2) is 0 Å². The molecule has 0 fully saturated rings. The maximum Gasteiger partial charge on any atom is 0.251 e. The van der Waals surface area contributed by atoms with Gasteiger partial charge >= 0.3 is 0 Å². The second-order valence-corrected chi connectivity index (χ2v) is 7.44. The Hall–Kier alpha value is -2.38. The van der Waals surface area contributed by atoms with Crippen molar-refractivity contribution in [1.29, 1.82) is 0 Å². The maximum absolute atomic E-state index is 12.3. The van der Waals surface area contributed by atoms with Crippen LogP contribution in [0.4, 0.5) is 5.69 Å². The Balaban J connectivity index is 1.48. The Bertz CT molecular complexity index is 919. The first-order valence-electron chi connectivity index (χ1n) is 7.38. The molecule has 120 valence electrons. The average Bonchev–Trinajstić information content (AvgIpc) is 3.02. The van der Waals surface area contributed by atoms with Crippen LogP contribution in [0.2, 0.25) is 0 Å². The average molecular weight is 355 g/mol. The summed E-state index contributed by atoms with van der Waals surface area (Å²) in [5.41, 5.74) is 2.17. The summed E-state index contributed by atoms with van der Waals surface area (Å²) >= 11 is 3.05. The highest BCUT2D eigenvalue weighted by Crippen LogP contribution is 2.32. The maximum atomic E-state index is 12.3. The zero-order chi connectivity index (χ0) is 16.5. The normalized spacial score (nSPS) is 13.4. The number of fused-ring (bicyclic) bond motifs is 2. The number of carbonyl (C=O) groups excluding carboxylic acids is 2. The molecule has 2 N–H and O–H groups in total. The van der Waals surface area contributed by atoms with Gasteiger partial charge in [-0.05, 0) is 30.3 Å². The van der Waals surface area contributed by atoms with Crippen molar-refractivity contribution in [3.63, 3.8) is 0 Å². The van der Waals surface area contributed by atoms with Gasteiger partial charge in [-0.15, -0.1) is 23.1 Å². The van der Waals surface area contributed by atoms with Crippen LogP contribution in [0.25, 0.3) is 10.2 Å². The van der Waals surface area contributed by atoms with Crippen LogP contribution >= 0.6 is 23.1 Å². The quantitative estimate of drug-likeness (QED) is 0.756. The van der Waals surface area contributed by atoms with Crippen LogP contribution in [-0.4, -0.2) is 22.6 Å². The van der Waals surface area contributed by atoms with Gasteiger partial charge in [-0.3, -0.25) is 9.59 Å². The van der Waals surface area contributed by atoms with Crippen molar-refractivity contribution >= 4 is 50.8 Å². The molecule has 5 nitrogen and oxygen atoms in total. The Morgan fingerprint density at radius 3 is 3.00 bits per heavy atom. The van der Waals surface area contributed by atoms with E-state index in [0.29, 0.717) is 23.5 Å². The fourth-order valence-electron chi connectivity index (χ4n) is 2.48. The van der Waals surface area contributed by atoms with Gasteiger partial charge in [0.2, 0.25) is 5.91 Å². The van der Waals surface area contributed by atoms with E-state index in [1.807, 2.05) is 30.3 Å². The van der Waals surface area contributed by atoms with Crippen molar-refractivity contribution in [2.75, 3.05) is 11.1 Å². The number of thiazole rings is 1. The monoisotopic (exact) mass is 355 g/mol. The molecule has 4 rings (SSSR count). The SMILES string of the molecule is O=C1CSc2ccc(C(=O)NCc3nc4ccccc4s3)cc2N1. The van der Waals surface area contributed by atoms with Crippen molar-refractivity contribution in [3.8, 4) is 0 Å². The van der Waals surface area contributed by atoms with Crippen molar-refractivity contribution in [2.45, 2.75) is 11.4 Å². The molecular formula is C17H13N3O2S2. The Labute approximate surface area is 146 Å². The largest absolute Gasteiger partial charge is 0.346 e. The van der Waals surface area contributed by atoms with Crippen molar-refractivity contribution in [2.24, 2.45) is 0 Å². The van der Waals surface area contributed by atoms with E-state index in [1.165, 1.54) is 11.8 Å². The van der Waals surface area contributed by atoms with Crippen LogP contribution in [-0.2, 0) is 11.3 Å². The number of amides is 2. The van der Waals surface area contributed by atoms with E-state index in [4.69, 9.17) is 0 Å². The summed E-state index contributed by atoms with van der Waals surface area (Å²) in [6.07, 6.45) is 0. The van der Waals surface area contributed by atoms with E-state index < -0.39 is 0 Å². The number of aromatic nitrogens is 1. The Morgan fingerprint density at radius 2 is 2.12 bits per heavy atom. The third kappa shape index (κ3) is 3.00. The predicted octanol–water partition coefficient (Wildman–Crippen LogP) is 3.27. The lowest BCUT2D eigenvalue weighted by Crippen LogP contribution is -2.24. The van der Waals surface area contributed by atoms with E-state index in [-0.39, 0.29) is 11.8 Å². The molecule has 3 aromatic rings. The summed E-state index contributed by atoms with van der Waals surface area (Å²) in [6, 6.07) is 13.3. The summed E-state index contributed by atoms with van der Waals surface area (Å²) in [6.45, 7) is 0.385. The van der Waals surface area contributed by atoms with Crippen molar-refractivity contribution in [1.82, 2.24) is 10.3 Å². The zero-order valence-electron chi connectivity index (χ0n) is 12.5. The summed E-state index contributed by atoms with van der Waals surface area (Å²) in [7, 11) is 0. The van der Waals surface area contributed by atoms with Gasteiger partial charge in [0, 0.05) is 10.5 Å². The minimum Gasteiger partial charge on any atom is -0.346 e. The minimum absolute atomic E-state index is 0.0421. The molecule has 0 saturated carbocycles. The topological polar surface area (TPSA) is 71.1 Å². The number of benzene rings is 2. The molecule has 1 aliphatic heterocycles. The van der Waals surface area contributed by atoms with Crippen LogP contribution in [0.5, 0.6) is 0 Å². The Kier molecular flexibility index (Phi) is 3.95. The highest BCUT2D eigenvalue weighted by atomic mass is 32.2. The summed E-state index contributed by atoms with van der Waals surface area (Å²) in [4.78, 5) is 29.3. The van der Waals surface area contributed by atoms with Crippen molar-refractivity contribution < 1.29 is 9.59 Å².